The van der Waals surface area contributed by atoms with Gasteiger partial charge in [0.15, 0.2) is 6.10 Å². The van der Waals surface area contributed by atoms with Crippen LogP contribution >= 0.6 is 11.6 Å². The first-order valence-corrected chi connectivity index (χ1v) is 11.8. The molecule has 0 fully saturated rings. The Morgan fingerprint density at radius 3 is 2.69 bits per heavy atom. The molecule has 0 radical (unpaired) electrons. The largest absolute Gasteiger partial charge is 0.493 e. The highest BCUT2D eigenvalue weighted by Gasteiger charge is 2.33. The Kier molecular flexibility index (Phi) is 5.69. The van der Waals surface area contributed by atoms with Crippen molar-refractivity contribution in [2.45, 2.75) is 45.8 Å². The minimum Gasteiger partial charge on any atom is -0.493 e. The maximum absolute atomic E-state index is 15.2. The number of aryl methyl sites for hydroxylation is 1. The zero-order valence-electron chi connectivity index (χ0n) is 19.9. The molecule has 0 aliphatic carbocycles. The predicted molar refractivity (Wildman–Crippen MR) is 135 cm³/mol. The Hall–Kier alpha value is -3.22. The number of nitrogens with zero attached hydrogens (tertiary/aromatic N) is 1. The molecule has 5 rings (SSSR count). The molecule has 1 aliphatic heterocycles. The number of hydrogen-bond acceptors (Lipinski definition) is 4. The summed E-state index contributed by atoms with van der Waals surface area (Å²) >= 11 is 6.12. The average Bonchev–Trinajstić information content (AvgIpc) is 2.80. The fraction of sp³-hybridized carbons (Fsp3) is 0.286. The molecule has 1 aliphatic rings. The summed E-state index contributed by atoms with van der Waals surface area (Å²) in [5, 5.41) is 12.0. The van der Waals surface area contributed by atoms with Gasteiger partial charge in [0.1, 0.15) is 11.6 Å². The number of carboxylic acid groups (broad SMARTS) is 1. The number of aromatic nitrogens is 1. The van der Waals surface area contributed by atoms with Gasteiger partial charge in [-0.1, -0.05) is 17.7 Å². The Balaban J connectivity index is 1.94. The minimum absolute atomic E-state index is 0.000234. The van der Waals surface area contributed by atoms with Crippen LogP contribution in [0.25, 0.3) is 32.8 Å². The van der Waals surface area contributed by atoms with E-state index in [1.54, 1.807) is 46.0 Å². The second-order valence-electron chi connectivity index (χ2n) is 9.79. The fourth-order valence-electron chi connectivity index (χ4n) is 4.88. The zero-order chi connectivity index (χ0) is 25.1. The first-order chi connectivity index (χ1) is 16.6. The summed E-state index contributed by atoms with van der Waals surface area (Å²) in [6.07, 6.45) is 1.20. The van der Waals surface area contributed by atoms with E-state index in [9.17, 15) is 9.90 Å². The highest BCUT2D eigenvalue weighted by atomic mass is 35.5. The molecule has 180 valence electrons. The van der Waals surface area contributed by atoms with Crippen molar-refractivity contribution in [3.05, 3.63) is 70.1 Å². The van der Waals surface area contributed by atoms with Crippen LogP contribution in [0.1, 0.15) is 43.6 Å². The van der Waals surface area contributed by atoms with Gasteiger partial charge in [-0.15, -0.1) is 0 Å². The fourth-order valence-corrected chi connectivity index (χ4v) is 5.04. The lowest BCUT2D eigenvalue weighted by Crippen LogP contribution is -2.28. The van der Waals surface area contributed by atoms with Crippen LogP contribution in [0.15, 0.2) is 42.6 Å². The number of hydrogen-bond donors (Lipinski definition) is 1. The number of rotatable bonds is 4. The van der Waals surface area contributed by atoms with Crippen molar-refractivity contribution in [3.63, 3.8) is 0 Å². The average molecular weight is 494 g/mol. The molecule has 1 atom stereocenters. The number of aliphatic carboxylic acids is 1. The molecule has 0 saturated heterocycles. The molecule has 1 unspecified atom stereocenters. The van der Waals surface area contributed by atoms with E-state index in [1.807, 2.05) is 18.2 Å². The second kappa shape index (κ2) is 8.47. The number of pyridine rings is 1. The molecule has 0 saturated carbocycles. The minimum atomic E-state index is -1.28. The number of halogens is 2. The lowest BCUT2D eigenvalue weighted by atomic mass is 9.85. The third-order valence-electron chi connectivity index (χ3n) is 6.25. The molecule has 1 aromatic heterocycles. The van der Waals surface area contributed by atoms with Crippen LogP contribution in [0.3, 0.4) is 0 Å². The molecule has 1 N–H and O–H groups in total. The van der Waals surface area contributed by atoms with Crippen LogP contribution in [-0.4, -0.2) is 28.3 Å². The van der Waals surface area contributed by atoms with Crippen LogP contribution in [0.2, 0.25) is 5.02 Å². The van der Waals surface area contributed by atoms with E-state index in [2.05, 4.69) is 4.98 Å². The topological polar surface area (TPSA) is 68.7 Å². The SMILES string of the molecule is Cc1cc2c(F)c(Cl)ccc2c(-c2ccc3c4c(ccnc24)CCO3)c1C(OC(C)(C)C)C(=O)O. The van der Waals surface area contributed by atoms with E-state index in [0.717, 1.165) is 23.1 Å². The molecule has 7 heteroatoms. The third-order valence-corrected chi connectivity index (χ3v) is 6.55. The van der Waals surface area contributed by atoms with Gasteiger partial charge in [-0.05, 0) is 80.1 Å². The molecule has 0 bridgehead atoms. The maximum Gasteiger partial charge on any atom is 0.337 e. The van der Waals surface area contributed by atoms with Gasteiger partial charge < -0.3 is 14.6 Å². The molecule has 35 heavy (non-hydrogen) atoms. The van der Waals surface area contributed by atoms with Crippen LogP contribution in [0.5, 0.6) is 5.75 Å². The lowest BCUT2D eigenvalue weighted by molar-refractivity contribution is -0.160. The lowest BCUT2D eigenvalue weighted by Gasteiger charge is -2.29. The number of carboxylic acids is 1. The summed E-state index contributed by atoms with van der Waals surface area (Å²) < 4.78 is 27.2. The van der Waals surface area contributed by atoms with E-state index in [1.165, 1.54) is 6.07 Å². The van der Waals surface area contributed by atoms with E-state index in [-0.39, 0.29) is 5.02 Å². The zero-order valence-corrected chi connectivity index (χ0v) is 20.7. The molecule has 5 nitrogen and oxygen atoms in total. The standard InChI is InChI=1S/C28H25ClFNO4/c1-14-13-18-16(5-7-19(29)24(18)30)23(21(14)26(27(32)33)35-28(2,3)4)17-6-8-20-22-15(10-12-34-20)9-11-31-25(17)22/h5-9,11,13,26H,10,12H2,1-4H3,(H,32,33). The van der Waals surface area contributed by atoms with Crippen molar-refractivity contribution < 1.29 is 23.8 Å². The normalized spacial score (nSPS) is 14.2. The van der Waals surface area contributed by atoms with Gasteiger partial charge in [-0.25, -0.2) is 9.18 Å². The van der Waals surface area contributed by atoms with Crippen molar-refractivity contribution in [1.82, 2.24) is 4.98 Å². The van der Waals surface area contributed by atoms with Crippen LogP contribution in [0.4, 0.5) is 4.39 Å². The van der Waals surface area contributed by atoms with Gasteiger partial charge in [0.25, 0.3) is 0 Å². The molecular weight excluding hydrogens is 469 g/mol. The number of fused-ring (bicyclic) bond motifs is 1. The smallest absolute Gasteiger partial charge is 0.337 e. The van der Waals surface area contributed by atoms with Crippen molar-refractivity contribution in [1.29, 1.82) is 0 Å². The summed E-state index contributed by atoms with van der Waals surface area (Å²) in [6, 6.07) is 10.5. The van der Waals surface area contributed by atoms with E-state index >= 15 is 4.39 Å². The second-order valence-corrected chi connectivity index (χ2v) is 10.2. The Morgan fingerprint density at radius 2 is 1.97 bits per heavy atom. The van der Waals surface area contributed by atoms with Crippen LogP contribution in [-0.2, 0) is 16.0 Å². The summed E-state index contributed by atoms with van der Waals surface area (Å²) in [7, 11) is 0. The number of carbonyl (C=O) groups is 1. The van der Waals surface area contributed by atoms with Gasteiger partial charge in [0, 0.05) is 34.5 Å². The molecule has 3 aromatic carbocycles. The summed E-state index contributed by atoms with van der Waals surface area (Å²) in [5.74, 6) is -0.952. The number of ether oxygens (including phenoxy) is 2. The molecular formula is C28H25ClFNO4. The van der Waals surface area contributed by atoms with Crippen molar-refractivity contribution >= 4 is 39.2 Å². The number of benzene rings is 3. The molecule has 2 heterocycles. The summed E-state index contributed by atoms with van der Waals surface area (Å²) in [5.41, 5.74) is 3.33. The van der Waals surface area contributed by atoms with Gasteiger partial charge in [-0.3, -0.25) is 4.98 Å². The van der Waals surface area contributed by atoms with Crippen LogP contribution < -0.4 is 4.74 Å². The first kappa shape index (κ1) is 23.5. The van der Waals surface area contributed by atoms with Crippen LogP contribution in [0, 0.1) is 12.7 Å². The van der Waals surface area contributed by atoms with Gasteiger partial charge in [0.05, 0.1) is 22.7 Å². The predicted octanol–water partition coefficient (Wildman–Crippen LogP) is 7.03. The van der Waals surface area contributed by atoms with Gasteiger partial charge >= 0.3 is 5.97 Å². The summed E-state index contributed by atoms with van der Waals surface area (Å²) in [6.45, 7) is 7.76. The highest BCUT2D eigenvalue weighted by Crippen LogP contribution is 2.45. The third kappa shape index (κ3) is 4.01. The van der Waals surface area contributed by atoms with E-state index < -0.39 is 23.5 Å². The quantitative estimate of drug-likeness (QED) is 0.330. The summed E-state index contributed by atoms with van der Waals surface area (Å²) in [4.78, 5) is 17.2. The monoisotopic (exact) mass is 493 g/mol. The molecule has 4 aromatic rings. The molecule has 0 spiro atoms. The van der Waals surface area contributed by atoms with Gasteiger partial charge in [0.2, 0.25) is 0 Å². The first-order valence-electron chi connectivity index (χ1n) is 11.4. The van der Waals surface area contributed by atoms with E-state index in [0.29, 0.717) is 45.1 Å². The van der Waals surface area contributed by atoms with Crippen molar-refractivity contribution in [2.24, 2.45) is 0 Å². The van der Waals surface area contributed by atoms with Crippen molar-refractivity contribution in [2.75, 3.05) is 6.61 Å². The van der Waals surface area contributed by atoms with Gasteiger partial charge in [-0.2, -0.15) is 0 Å². The molecule has 0 amide bonds. The van der Waals surface area contributed by atoms with E-state index in [4.69, 9.17) is 21.1 Å². The Bertz CT molecular complexity index is 1500. The van der Waals surface area contributed by atoms with Crippen molar-refractivity contribution in [3.8, 4) is 16.9 Å². The Labute approximate surface area is 207 Å². The maximum atomic E-state index is 15.2. The highest BCUT2D eigenvalue weighted by molar-refractivity contribution is 6.31. The Morgan fingerprint density at radius 1 is 1.20 bits per heavy atom.